The molecule has 2 atom stereocenters. The van der Waals surface area contributed by atoms with E-state index in [1.807, 2.05) is 22.7 Å². The second-order valence-corrected chi connectivity index (χ2v) is 10.4. The van der Waals surface area contributed by atoms with Gasteiger partial charge in [-0.3, -0.25) is 4.98 Å². The van der Waals surface area contributed by atoms with Crippen LogP contribution < -0.4 is 15.0 Å². The molecule has 2 saturated heterocycles. The molecule has 2 aliphatic rings. The van der Waals surface area contributed by atoms with Gasteiger partial charge in [0.15, 0.2) is 17.2 Å². The fourth-order valence-corrected chi connectivity index (χ4v) is 5.66. The molecule has 0 saturated carbocycles. The molecular formula is C31H26F4N6O3. The molecule has 5 aromatic rings. The number of aromatic nitrogens is 4. The van der Waals surface area contributed by atoms with E-state index in [2.05, 4.69) is 39.5 Å². The molecule has 13 heteroatoms. The van der Waals surface area contributed by atoms with Crippen LogP contribution in [0, 0.1) is 5.82 Å². The average molecular weight is 607 g/mol. The highest BCUT2D eigenvalue weighted by atomic mass is 19.4. The molecule has 0 amide bonds. The molecule has 9 nitrogen and oxygen atoms in total. The van der Waals surface area contributed by atoms with Crippen molar-refractivity contribution in [3.8, 4) is 39.4 Å². The zero-order chi connectivity index (χ0) is 31.0. The molecule has 0 aliphatic carbocycles. The minimum absolute atomic E-state index is 0.176. The van der Waals surface area contributed by atoms with E-state index in [1.165, 1.54) is 25.3 Å². The summed E-state index contributed by atoms with van der Waals surface area (Å²) in [6, 6.07) is 20.5. The van der Waals surface area contributed by atoms with Gasteiger partial charge in [0.05, 0.1) is 18.4 Å². The van der Waals surface area contributed by atoms with E-state index in [9.17, 15) is 17.6 Å². The number of ether oxygens (including phenoxy) is 1. The van der Waals surface area contributed by atoms with E-state index in [0.29, 0.717) is 17.7 Å². The molecule has 7 rings (SSSR count). The Bertz CT molecular complexity index is 1810. The third-order valence-electron chi connectivity index (χ3n) is 7.71. The fourth-order valence-electron chi connectivity index (χ4n) is 5.66. The van der Waals surface area contributed by atoms with Crippen molar-refractivity contribution in [3.05, 3.63) is 85.1 Å². The highest BCUT2D eigenvalue weighted by Crippen LogP contribution is 2.38. The first kappa shape index (κ1) is 29.1. The van der Waals surface area contributed by atoms with Gasteiger partial charge in [0.25, 0.3) is 0 Å². The van der Waals surface area contributed by atoms with Gasteiger partial charge in [0.2, 0.25) is 0 Å². The van der Waals surface area contributed by atoms with Crippen LogP contribution in [0.25, 0.3) is 39.3 Å². The number of rotatable bonds is 5. The molecule has 2 N–H and O–H groups in total. The standard InChI is InChI=1S/C29H25FN6O.C2HF3O2/c1-37-26-14-20(4-7-24(26)30)27-28(19-8-11-31-12-9-19)34-36-25(10-13-32-29(27)36)18-2-5-22(6-3-18)35-17-21-15-23(35)16-33-21;3-2(4,5)1(6)7/h2-14,21,23,33H,15-17H2,1H3;(H,6,7)/t21-,23-;/m0./s1. The molecule has 2 aliphatic heterocycles. The zero-order valence-corrected chi connectivity index (χ0v) is 23.3. The zero-order valence-electron chi connectivity index (χ0n) is 23.3. The molecule has 0 radical (unpaired) electrons. The summed E-state index contributed by atoms with van der Waals surface area (Å²) in [6.45, 7) is 2.11. The topological polar surface area (TPSA) is 105 Å². The van der Waals surface area contributed by atoms with Crippen LogP contribution in [0.5, 0.6) is 5.75 Å². The van der Waals surface area contributed by atoms with E-state index in [1.54, 1.807) is 30.7 Å². The van der Waals surface area contributed by atoms with Crippen LogP contribution in [-0.4, -0.2) is 69.1 Å². The average Bonchev–Trinajstić information content (AvgIpc) is 3.77. The predicted molar refractivity (Wildman–Crippen MR) is 155 cm³/mol. The maximum Gasteiger partial charge on any atom is 0.490 e. The van der Waals surface area contributed by atoms with E-state index in [-0.39, 0.29) is 5.75 Å². The summed E-state index contributed by atoms with van der Waals surface area (Å²) in [7, 11) is 1.46. The van der Waals surface area contributed by atoms with Crippen LogP contribution >= 0.6 is 0 Å². The Labute approximate surface area is 248 Å². The number of carbonyl (C=O) groups is 1. The van der Waals surface area contributed by atoms with Crippen LogP contribution in [0.15, 0.2) is 79.3 Å². The van der Waals surface area contributed by atoms with Gasteiger partial charge < -0.3 is 20.1 Å². The van der Waals surface area contributed by atoms with Crippen LogP contribution in [-0.2, 0) is 4.79 Å². The lowest BCUT2D eigenvalue weighted by Gasteiger charge is -2.29. The smallest absolute Gasteiger partial charge is 0.490 e. The van der Waals surface area contributed by atoms with Crippen molar-refractivity contribution in [3.63, 3.8) is 0 Å². The number of hydrogen-bond acceptors (Lipinski definition) is 7. The summed E-state index contributed by atoms with van der Waals surface area (Å²) < 4.78 is 53.1. The lowest BCUT2D eigenvalue weighted by molar-refractivity contribution is -0.192. The number of nitrogens with one attached hydrogen (secondary N) is 1. The number of alkyl halides is 3. The minimum Gasteiger partial charge on any atom is -0.494 e. The Hall–Kier alpha value is -5.04. The maximum absolute atomic E-state index is 14.3. The molecule has 5 heterocycles. The van der Waals surface area contributed by atoms with Crippen molar-refractivity contribution in [2.24, 2.45) is 0 Å². The molecule has 44 heavy (non-hydrogen) atoms. The maximum atomic E-state index is 14.3. The fraction of sp³-hybridized carbons (Fsp3) is 0.226. The summed E-state index contributed by atoms with van der Waals surface area (Å²) >= 11 is 0. The first-order chi connectivity index (χ1) is 21.1. The summed E-state index contributed by atoms with van der Waals surface area (Å²) in [5.74, 6) is -2.99. The number of piperazine rings is 1. The second-order valence-electron chi connectivity index (χ2n) is 10.4. The number of methoxy groups -OCH3 is 1. The first-order valence-electron chi connectivity index (χ1n) is 13.7. The third-order valence-corrected chi connectivity index (χ3v) is 7.71. The van der Waals surface area contributed by atoms with E-state index in [0.717, 1.165) is 46.7 Å². The Balaban J connectivity index is 0.000000441. The third kappa shape index (κ3) is 5.53. The van der Waals surface area contributed by atoms with Crippen LogP contribution in [0.2, 0.25) is 0 Å². The number of halogens is 4. The van der Waals surface area contributed by atoms with Gasteiger partial charge in [-0.05, 0) is 54.4 Å². The first-order valence-corrected chi connectivity index (χ1v) is 13.7. The summed E-state index contributed by atoms with van der Waals surface area (Å²) in [5, 5.41) is 15.7. The number of fused-ring (bicyclic) bond motifs is 3. The van der Waals surface area contributed by atoms with Crippen molar-refractivity contribution in [2.75, 3.05) is 25.1 Å². The lowest BCUT2D eigenvalue weighted by Crippen LogP contribution is -2.43. The Kier molecular flexibility index (Phi) is 7.64. The van der Waals surface area contributed by atoms with Gasteiger partial charge in [-0.2, -0.15) is 18.3 Å². The van der Waals surface area contributed by atoms with E-state index < -0.39 is 18.0 Å². The van der Waals surface area contributed by atoms with Gasteiger partial charge >= 0.3 is 12.1 Å². The predicted octanol–water partition coefficient (Wildman–Crippen LogP) is 5.46. The van der Waals surface area contributed by atoms with E-state index >= 15 is 0 Å². The quantitative estimate of drug-likeness (QED) is 0.255. The van der Waals surface area contributed by atoms with Crippen molar-refractivity contribution in [1.82, 2.24) is 24.9 Å². The summed E-state index contributed by atoms with van der Waals surface area (Å²) in [6.07, 6.45) is 1.41. The SMILES string of the molecule is COc1cc(-c2c(-c3ccncc3)nn3c(-c4ccc(N5C[C@@H]6C[C@H]5CN6)cc4)ccnc23)ccc1F.O=C(O)C(F)(F)F. The summed E-state index contributed by atoms with van der Waals surface area (Å²) in [5.41, 5.74) is 7.14. The number of hydrogen-bond donors (Lipinski definition) is 2. The molecule has 2 fully saturated rings. The Morgan fingerprint density at radius 3 is 2.32 bits per heavy atom. The lowest BCUT2D eigenvalue weighted by atomic mass is 10.0. The number of nitrogens with zero attached hydrogens (tertiary/aromatic N) is 5. The molecule has 3 aromatic heterocycles. The van der Waals surface area contributed by atoms with Crippen molar-refractivity contribution >= 4 is 17.3 Å². The number of aliphatic carboxylic acids is 1. The number of anilines is 1. The van der Waals surface area contributed by atoms with Gasteiger partial charge in [-0.25, -0.2) is 18.7 Å². The van der Waals surface area contributed by atoms with Gasteiger partial charge in [0, 0.05) is 60.6 Å². The van der Waals surface area contributed by atoms with Gasteiger partial charge in [-0.1, -0.05) is 18.2 Å². The van der Waals surface area contributed by atoms with Crippen molar-refractivity contribution in [2.45, 2.75) is 24.7 Å². The highest BCUT2D eigenvalue weighted by Gasteiger charge is 2.38. The number of carboxylic acid groups (broad SMARTS) is 1. The molecule has 2 bridgehead atoms. The Morgan fingerprint density at radius 2 is 1.70 bits per heavy atom. The van der Waals surface area contributed by atoms with Gasteiger partial charge in [0.1, 0.15) is 5.69 Å². The highest BCUT2D eigenvalue weighted by molar-refractivity contribution is 5.91. The summed E-state index contributed by atoms with van der Waals surface area (Å²) in [4.78, 5) is 20.3. The van der Waals surface area contributed by atoms with Crippen molar-refractivity contribution < 1.29 is 32.2 Å². The second kappa shape index (κ2) is 11.6. The molecule has 2 aromatic carbocycles. The van der Waals surface area contributed by atoms with Gasteiger partial charge in [-0.15, -0.1) is 0 Å². The molecule has 0 unspecified atom stereocenters. The van der Waals surface area contributed by atoms with Crippen LogP contribution in [0.1, 0.15) is 6.42 Å². The molecule has 0 spiro atoms. The normalized spacial score (nSPS) is 17.4. The number of carboxylic acids is 1. The van der Waals surface area contributed by atoms with E-state index in [4.69, 9.17) is 24.7 Å². The Morgan fingerprint density at radius 1 is 1.00 bits per heavy atom. The van der Waals surface area contributed by atoms with Crippen molar-refractivity contribution in [1.29, 1.82) is 0 Å². The monoisotopic (exact) mass is 606 g/mol. The number of benzene rings is 2. The molecular weight excluding hydrogens is 580 g/mol. The number of pyridine rings is 1. The van der Waals surface area contributed by atoms with Crippen LogP contribution in [0.3, 0.4) is 0 Å². The van der Waals surface area contributed by atoms with Crippen LogP contribution in [0.4, 0.5) is 23.2 Å². The molecule has 226 valence electrons. The largest absolute Gasteiger partial charge is 0.494 e. The minimum atomic E-state index is -5.08.